The molecule has 0 radical (unpaired) electrons. The average molecular weight is 272 g/mol. The van der Waals surface area contributed by atoms with Gasteiger partial charge in [-0.2, -0.15) is 0 Å². The van der Waals surface area contributed by atoms with Crippen LogP contribution in [0.4, 0.5) is 5.69 Å². The molecule has 1 aromatic carbocycles. The van der Waals surface area contributed by atoms with Crippen molar-refractivity contribution in [1.82, 2.24) is 4.98 Å². The molecule has 0 aliphatic heterocycles. The largest absolute Gasteiger partial charge is 0.482 e. The standard InChI is InChI=1S/C15H16N2O3/c16-13-4-1-5-14(9-13)20-11-15(18)19-8-6-12-3-2-7-17-10-12/h1-5,7,9-10H,6,8,11,16H2. The van der Waals surface area contributed by atoms with Crippen LogP contribution in [0.15, 0.2) is 48.8 Å². The number of carbonyl (C=O) groups excluding carboxylic acids is 1. The van der Waals surface area contributed by atoms with Crippen molar-refractivity contribution in [2.45, 2.75) is 6.42 Å². The molecule has 0 atom stereocenters. The Bertz CT molecular complexity index is 558. The highest BCUT2D eigenvalue weighted by Gasteiger charge is 2.04. The number of hydrogen-bond acceptors (Lipinski definition) is 5. The predicted octanol–water partition coefficient (Wildman–Crippen LogP) is 1.83. The van der Waals surface area contributed by atoms with E-state index in [9.17, 15) is 4.79 Å². The maximum absolute atomic E-state index is 11.5. The fourth-order valence-electron chi connectivity index (χ4n) is 1.62. The molecule has 0 aliphatic rings. The number of carbonyl (C=O) groups is 1. The van der Waals surface area contributed by atoms with E-state index in [1.54, 1.807) is 36.7 Å². The van der Waals surface area contributed by atoms with Gasteiger partial charge < -0.3 is 15.2 Å². The second-order valence-electron chi connectivity index (χ2n) is 4.19. The van der Waals surface area contributed by atoms with E-state index >= 15 is 0 Å². The van der Waals surface area contributed by atoms with Gasteiger partial charge in [-0.25, -0.2) is 4.79 Å². The summed E-state index contributed by atoms with van der Waals surface area (Å²) in [5.41, 5.74) is 7.22. The minimum atomic E-state index is -0.406. The third kappa shape index (κ3) is 4.61. The van der Waals surface area contributed by atoms with E-state index < -0.39 is 5.97 Å². The highest BCUT2D eigenvalue weighted by Crippen LogP contribution is 2.14. The van der Waals surface area contributed by atoms with Gasteiger partial charge in [-0.05, 0) is 23.8 Å². The number of anilines is 1. The molecule has 2 N–H and O–H groups in total. The Balaban J connectivity index is 1.68. The third-order valence-electron chi connectivity index (χ3n) is 2.59. The van der Waals surface area contributed by atoms with Crippen LogP contribution in [0.1, 0.15) is 5.56 Å². The lowest BCUT2D eigenvalue weighted by Gasteiger charge is -2.07. The van der Waals surface area contributed by atoms with Gasteiger partial charge in [0.1, 0.15) is 5.75 Å². The smallest absolute Gasteiger partial charge is 0.344 e. The summed E-state index contributed by atoms with van der Waals surface area (Å²) in [6, 6.07) is 10.7. The van der Waals surface area contributed by atoms with E-state index in [1.165, 1.54) is 0 Å². The molecule has 0 saturated heterocycles. The molecule has 5 heteroatoms. The topological polar surface area (TPSA) is 74.4 Å². The Morgan fingerprint density at radius 1 is 1.25 bits per heavy atom. The van der Waals surface area contributed by atoms with Crippen LogP contribution >= 0.6 is 0 Å². The van der Waals surface area contributed by atoms with Gasteiger partial charge in [-0.3, -0.25) is 4.98 Å². The maximum Gasteiger partial charge on any atom is 0.344 e. The average Bonchev–Trinajstić information content (AvgIpc) is 2.46. The summed E-state index contributed by atoms with van der Waals surface area (Å²) in [5, 5.41) is 0. The van der Waals surface area contributed by atoms with Crippen molar-refractivity contribution < 1.29 is 14.3 Å². The van der Waals surface area contributed by atoms with Gasteiger partial charge in [0.15, 0.2) is 6.61 Å². The summed E-state index contributed by atoms with van der Waals surface area (Å²) in [5.74, 6) is 0.144. The van der Waals surface area contributed by atoms with Gasteiger partial charge in [-0.1, -0.05) is 12.1 Å². The minimum Gasteiger partial charge on any atom is -0.482 e. The Kier molecular flexibility index (Phi) is 4.94. The molecule has 0 unspecified atom stereocenters. The Morgan fingerprint density at radius 3 is 2.90 bits per heavy atom. The lowest BCUT2D eigenvalue weighted by molar-refractivity contribution is -0.145. The molecule has 0 saturated carbocycles. The van der Waals surface area contributed by atoms with Crippen LogP contribution in [-0.4, -0.2) is 24.2 Å². The van der Waals surface area contributed by atoms with Crippen LogP contribution in [0.5, 0.6) is 5.75 Å². The summed E-state index contributed by atoms with van der Waals surface area (Å²) in [6.07, 6.45) is 4.09. The third-order valence-corrected chi connectivity index (χ3v) is 2.59. The molecule has 5 nitrogen and oxygen atoms in total. The lowest BCUT2D eigenvalue weighted by Crippen LogP contribution is -2.16. The fraction of sp³-hybridized carbons (Fsp3) is 0.200. The summed E-state index contributed by atoms with van der Waals surface area (Å²) < 4.78 is 10.4. The van der Waals surface area contributed by atoms with Crippen molar-refractivity contribution in [2.24, 2.45) is 0 Å². The number of esters is 1. The summed E-state index contributed by atoms with van der Waals surface area (Å²) >= 11 is 0. The molecule has 1 aromatic heterocycles. The zero-order valence-corrected chi connectivity index (χ0v) is 11.0. The molecule has 20 heavy (non-hydrogen) atoms. The highest BCUT2D eigenvalue weighted by atomic mass is 16.6. The normalized spacial score (nSPS) is 10.0. The van der Waals surface area contributed by atoms with E-state index in [1.807, 2.05) is 12.1 Å². The van der Waals surface area contributed by atoms with Crippen molar-refractivity contribution in [3.05, 3.63) is 54.4 Å². The Morgan fingerprint density at radius 2 is 2.15 bits per heavy atom. The number of rotatable bonds is 6. The second-order valence-corrected chi connectivity index (χ2v) is 4.19. The van der Waals surface area contributed by atoms with E-state index in [0.717, 1.165) is 5.56 Å². The molecule has 0 amide bonds. The van der Waals surface area contributed by atoms with Crippen molar-refractivity contribution in [2.75, 3.05) is 18.9 Å². The van der Waals surface area contributed by atoms with Crippen molar-refractivity contribution in [3.8, 4) is 5.75 Å². The molecule has 2 rings (SSSR count). The molecule has 1 heterocycles. The first-order valence-corrected chi connectivity index (χ1v) is 6.27. The molecule has 2 aromatic rings. The van der Waals surface area contributed by atoms with Crippen LogP contribution in [-0.2, 0) is 16.0 Å². The van der Waals surface area contributed by atoms with Gasteiger partial charge in [0, 0.05) is 30.6 Å². The molecular formula is C15H16N2O3. The fourth-order valence-corrected chi connectivity index (χ4v) is 1.62. The number of hydrogen-bond donors (Lipinski definition) is 1. The van der Waals surface area contributed by atoms with Gasteiger partial charge in [0.25, 0.3) is 0 Å². The van der Waals surface area contributed by atoms with Gasteiger partial charge in [-0.15, -0.1) is 0 Å². The highest BCUT2D eigenvalue weighted by molar-refractivity contribution is 5.71. The number of benzene rings is 1. The number of ether oxygens (including phenoxy) is 2. The molecule has 0 aliphatic carbocycles. The van der Waals surface area contributed by atoms with E-state index in [2.05, 4.69) is 4.98 Å². The monoisotopic (exact) mass is 272 g/mol. The zero-order valence-electron chi connectivity index (χ0n) is 11.0. The maximum atomic E-state index is 11.5. The zero-order chi connectivity index (χ0) is 14.2. The van der Waals surface area contributed by atoms with E-state index in [0.29, 0.717) is 24.5 Å². The van der Waals surface area contributed by atoms with Crippen molar-refractivity contribution in [3.63, 3.8) is 0 Å². The van der Waals surface area contributed by atoms with E-state index in [-0.39, 0.29) is 6.61 Å². The number of nitrogen functional groups attached to an aromatic ring is 1. The number of aromatic nitrogens is 1. The molecule has 0 fully saturated rings. The van der Waals surface area contributed by atoms with Gasteiger partial charge in [0.05, 0.1) is 6.61 Å². The molecule has 104 valence electrons. The predicted molar refractivity (Wildman–Crippen MR) is 75.2 cm³/mol. The first kappa shape index (κ1) is 13.9. The first-order chi connectivity index (χ1) is 9.74. The second kappa shape index (κ2) is 7.13. The van der Waals surface area contributed by atoms with Gasteiger partial charge in [0.2, 0.25) is 0 Å². The van der Waals surface area contributed by atoms with Crippen LogP contribution in [0.25, 0.3) is 0 Å². The number of nitrogens with zero attached hydrogens (tertiary/aromatic N) is 1. The number of pyridine rings is 1. The van der Waals surface area contributed by atoms with Crippen molar-refractivity contribution in [1.29, 1.82) is 0 Å². The van der Waals surface area contributed by atoms with Crippen LogP contribution in [0, 0.1) is 0 Å². The summed E-state index contributed by atoms with van der Waals surface area (Å²) in [4.78, 5) is 15.5. The molecular weight excluding hydrogens is 256 g/mol. The Hall–Kier alpha value is -2.56. The lowest BCUT2D eigenvalue weighted by atomic mass is 10.2. The first-order valence-electron chi connectivity index (χ1n) is 6.27. The SMILES string of the molecule is Nc1cccc(OCC(=O)OCCc2cccnc2)c1. The Labute approximate surface area is 117 Å². The van der Waals surface area contributed by atoms with Gasteiger partial charge >= 0.3 is 5.97 Å². The van der Waals surface area contributed by atoms with Crippen LogP contribution in [0.3, 0.4) is 0 Å². The molecule has 0 bridgehead atoms. The minimum absolute atomic E-state index is 0.128. The molecule has 0 spiro atoms. The van der Waals surface area contributed by atoms with Crippen molar-refractivity contribution >= 4 is 11.7 Å². The summed E-state index contributed by atoms with van der Waals surface area (Å²) in [6.45, 7) is 0.182. The van der Waals surface area contributed by atoms with Crippen LogP contribution < -0.4 is 10.5 Å². The van der Waals surface area contributed by atoms with E-state index in [4.69, 9.17) is 15.2 Å². The summed E-state index contributed by atoms with van der Waals surface area (Å²) in [7, 11) is 0. The quantitative estimate of drug-likeness (QED) is 0.641. The van der Waals surface area contributed by atoms with Crippen LogP contribution in [0.2, 0.25) is 0 Å². The number of nitrogens with two attached hydrogens (primary N) is 1.